The summed E-state index contributed by atoms with van der Waals surface area (Å²) in [7, 11) is 0. The zero-order chi connectivity index (χ0) is 11.8. The molecule has 0 N–H and O–H groups in total. The number of hydrogen-bond donors (Lipinski definition) is 0. The van der Waals surface area contributed by atoms with Crippen LogP contribution in [0, 0.1) is 11.8 Å². The van der Waals surface area contributed by atoms with E-state index in [0.29, 0.717) is 18.3 Å². The van der Waals surface area contributed by atoms with E-state index < -0.39 is 0 Å². The monoisotopic (exact) mass is 214 g/mol. The van der Waals surface area contributed by atoms with Crippen LogP contribution in [0.25, 0.3) is 0 Å². The van der Waals surface area contributed by atoms with Gasteiger partial charge in [-0.05, 0) is 31.1 Å². The molecule has 0 saturated carbocycles. The van der Waals surface area contributed by atoms with Crippen LogP contribution in [0.4, 0.5) is 0 Å². The molecule has 0 atom stereocenters. The zero-order valence-corrected chi connectivity index (χ0v) is 10.9. The third-order valence-electron chi connectivity index (χ3n) is 2.22. The average molecular weight is 214 g/mol. The molecule has 0 fully saturated rings. The van der Waals surface area contributed by atoms with Gasteiger partial charge < -0.3 is 4.74 Å². The van der Waals surface area contributed by atoms with Crippen molar-refractivity contribution in [3.05, 3.63) is 0 Å². The number of hydrogen-bond acceptors (Lipinski definition) is 2. The van der Waals surface area contributed by atoms with Crippen molar-refractivity contribution in [1.82, 2.24) is 0 Å². The molecule has 0 bridgehead atoms. The Morgan fingerprint density at radius 2 is 1.53 bits per heavy atom. The third kappa shape index (κ3) is 8.46. The van der Waals surface area contributed by atoms with Crippen molar-refractivity contribution < 1.29 is 9.53 Å². The second kappa shape index (κ2) is 7.72. The van der Waals surface area contributed by atoms with Crippen LogP contribution in [-0.4, -0.2) is 12.1 Å². The normalized spacial score (nSPS) is 11.5. The molecule has 0 aliphatic carbocycles. The Morgan fingerprint density at radius 3 is 1.87 bits per heavy atom. The van der Waals surface area contributed by atoms with Gasteiger partial charge >= 0.3 is 5.97 Å². The van der Waals surface area contributed by atoms with Gasteiger partial charge in [-0.1, -0.05) is 34.6 Å². The summed E-state index contributed by atoms with van der Waals surface area (Å²) in [6.45, 7) is 10.7. The van der Waals surface area contributed by atoms with Gasteiger partial charge in [0.05, 0.1) is 0 Å². The summed E-state index contributed by atoms with van der Waals surface area (Å²) in [4.78, 5) is 11.4. The predicted molar refractivity (Wildman–Crippen MR) is 63.7 cm³/mol. The molecule has 0 saturated heterocycles. The Balaban J connectivity index is 4.05. The predicted octanol–water partition coefficient (Wildman–Crippen LogP) is 3.79. The smallest absolute Gasteiger partial charge is 0.306 e. The van der Waals surface area contributed by atoms with Crippen LogP contribution in [0.15, 0.2) is 0 Å². The number of ether oxygens (including phenoxy) is 1. The summed E-state index contributed by atoms with van der Waals surface area (Å²) in [5, 5.41) is 0. The molecule has 0 radical (unpaired) electrons. The molecular weight excluding hydrogens is 188 g/mol. The fourth-order valence-electron chi connectivity index (χ4n) is 1.69. The first-order valence-corrected chi connectivity index (χ1v) is 6.15. The highest BCUT2D eigenvalue weighted by Gasteiger charge is 2.16. The fourth-order valence-corrected chi connectivity index (χ4v) is 1.69. The Kier molecular flexibility index (Phi) is 7.45. The molecule has 0 rings (SSSR count). The second-order valence-corrected chi connectivity index (χ2v) is 5.12. The minimum absolute atomic E-state index is 0.0381. The zero-order valence-electron chi connectivity index (χ0n) is 10.9. The molecule has 0 aliphatic rings. The van der Waals surface area contributed by atoms with Crippen LogP contribution >= 0.6 is 0 Å². The van der Waals surface area contributed by atoms with E-state index in [-0.39, 0.29) is 12.1 Å². The van der Waals surface area contributed by atoms with Gasteiger partial charge in [0.15, 0.2) is 0 Å². The summed E-state index contributed by atoms with van der Waals surface area (Å²) >= 11 is 0. The number of esters is 1. The van der Waals surface area contributed by atoms with Crippen LogP contribution in [-0.2, 0) is 9.53 Å². The molecule has 2 heteroatoms. The molecule has 2 nitrogen and oxygen atoms in total. The van der Waals surface area contributed by atoms with Gasteiger partial charge in [-0.2, -0.15) is 0 Å². The van der Waals surface area contributed by atoms with Gasteiger partial charge in [0.2, 0.25) is 0 Å². The van der Waals surface area contributed by atoms with E-state index in [1.54, 1.807) is 0 Å². The Bertz CT molecular complexity index is 163. The van der Waals surface area contributed by atoms with Gasteiger partial charge in [0, 0.05) is 6.42 Å². The maximum absolute atomic E-state index is 11.4. The van der Waals surface area contributed by atoms with Crippen LogP contribution < -0.4 is 0 Å². The Morgan fingerprint density at radius 1 is 1.07 bits per heavy atom. The molecule has 0 aromatic rings. The van der Waals surface area contributed by atoms with E-state index in [4.69, 9.17) is 4.74 Å². The third-order valence-corrected chi connectivity index (χ3v) is 2.22. The highest BCUT2D eigenvalue weighted by molar-refractivity contribution is 5.69. The number of carbonyl (C=O) groups is 1. The van der Waals surface area contributed by atoms with E-state index in [2.05, 4.69) is 27.7 Å². The van der Waals surface area contributed by atoms with E-state index in [0.717, 1.165) is 19.3 Å². The van der Waals surface area contributed by atoms with E-state index in [9.17, 15) is 4.79 Å². The van der Waals surface area contributed by atoms with E-state index in [1.807, 2.05) is 6.92 Å². The Labute approximate surface area is 94.4 Å². The molecular formula is C13H26O2. The second-order valence-electron chi connectivity index (χ2n) is 5.12. The summed E-state index contributed by atoms with van der Waals surface area (Å²) in [6, 6.07) is 0. The van der Waals surface area contributed by atoms with E-state index in [1.165, 1.54) is 0 Å². The first kappa shape index (κ1) is 14.5. The van der Waals surface area contributed by atoms with Crippen molar-refractivity contribution >= 4 is 5.97 Å². The minimum atomic E-state index is -0.0381. The van der Waals surface area contributed by atoms with Crippen molar-refractivity contribution in [2.75, 3.05) is 0 Å². The number of carbonyl (C=O) groups excluding carboxylic acids is 1. The standard InChI is InChI=1S/C13H26O2/c1-6-7-13(14)15-12(8-10(2)3)9-11(4)5/h10-12H,6-9H2,1-5H3. The Hall–Kier alpha value is -0.530. The van der Waals surface area contributed by atoms with Crippen molar-refractivity contribution in [1.29, 1.82) is 0 Å². The molecule has 15 heavy (non-hydrogen) atoms. The quantitative estimate of drug-likeness (QED) is 0.603. The SMILES string of the molecule is CCCC(=O)OC(CC(C)C)CC(C)C. The van der Waals surface area contributed by atoms with Crippen LogP contribution in [0.5, 0.6) is 0 Å². The molecule has 0 spiro atoms. The van der Waals surface area contributed by atoms with E-state index >= 15 is 0 Å². The molecule has 0 aromatic heterocycles. The molecule has 0 amide bonds. The van der Waals surface area contributed by atoms with Crippen molar-refractivity contribution in [2.45, 2.75) is 66.4 Å². The molecule has 0 heterocycles. The first-order valence-electron chi connectivity index (χ1n) is 6.15. The lowest BCUT2D eigenvalue weighted by molar-refractivity contribution is -0.150. The van der Waals surface area contributed by atoms with Gasteiger partial charge in [-0.3, -0.25) is 4.79 Å². The minimum Gasteiger partial charge on any atom is -0.462 e. The van der Waals surface area contributed by atoms with Crippen LogP contribution in [0.2, 0.25) is 0 Å². The van der Waals surface area contributed by atoms with Crippen molar-refractivity contribution in [2.24, 2.45) is 11.8 Å². The highest BCUT2D eigenvalue weighted by atomic mass is 16.5. The molecule has 0 aliphatic heterocycles. The summed E-state index contributed by atoms with van der Waals surface area (Å²) < 4.78 is 5.47. The lowest BCUT2D eigenvalue weighted by Crippen LogP contribution is -2.21. The molecule has 0 unspecified atom stereocenters. The maximum atomic E-state index is 11.4. The maximum Gasteiger partial charge on any atom is 0.306 e. The molecule has 90 valence electrons. The lowest BCUT2D eigenvalue weighted by atomic mass is 9.98. The summed E-state index contributed by atoms with van der Waals surface area (Å²) in [5.74, 6) is 1.13. The lowest BCUT2D eigenvalue weighted by Gasteiger charge is -2.21. The molecule has 0 aromatic carbocycles. The van der Waals surface area contributed by atoms with Gasteiger partial charge in [-0.15, -0.1) is 0 Å². The van der Waals surface area contributed by atoms with Crippen molar-refractivity contribution in [3.8, 4) is 0 Å². The summed E-state index contributed by atoms with van der Waals surface area (Å²) in [6.07, 6.45) is 3.49. The van der Waals surface area contributed by atoms with Gasteiger partial charge in [-0.25, -0.2) is 0 Å². The summed E-state index contributed by atoms with van der Waals surface area (Å²) in [5.41, 5.74) is 0. The fraction of sp³-hybridized carbons (Fsp3) is 0.923. The van der Waals surface area contributed by atoms with Crippen LogP contribution in [0.1, 0.15) is 60.3 Å². The number of rotatable bonds is 7. The van der Waals surface area contributed by atoms with Gasteiger partial charge in [0.25, 0.3) is 0 Å². The van der Waals surface area contributed by atoms with Crippen LogP contribution in [0.3, 0.4) is 0 Å². The van der Waals surface area contributed by atoms with Crippen molar-refractivity contribution in [3.63, 3.8) is 0 Å². The highest BCUT2D eigenvalue weighted by Crippen LogP contribution is 2.17. The average Bonchev–Trinajstić information content (AvgIpc) is 2.00. The largest absolute Gasteiger partial charge is 0.462 e. The van der Waals surface area contributed by atoms with Gasteiger partial charge in [0.1, 0.15) is 6.10 Å². The topological polar surface area (TPSA) is 26.3 Å². The first-order chi connectivity index (χ1) is 6.95.